The molecule has 1 aliphatic carbocycles. The van der Waals surface area contributed by atoms with Crippen LogP contribution in [0.1, 0.15) is 62.6 Å². The fourth-order valence-electron chi connectivity index (χ4n) is 2.76. The van der Waals surface area contributed by atoms with Crippen LogP contribution in [0.2, 0.25) is 5.02 Å². The maximum atomic E-state index is 6.51. The first-order valence-corrected chi connectivity index (χ1v) is 8.52. The van der Waals surface area contributed by atoms with Crippen molar-refractivity contribution in [3.63, 3.8) is 0 Å². The topological polar surface area (TPSA) is 35.2 Å². The Morgan fingerprint density at radius 1 is 1.38 bits per heavy atom. The average Bonchev–Trinajstić information content (AvgIpc) is 3.21. The highest BCUT2D eigenvalue weighted by Gasteiger charge is 2.25. The molecule has 0 saturated heterocycles. The molecule has 0 amide bonds. The predicted octanol–water partition coefficient (Wildman–Crippen LogP) is 4.84. The zero-order valence-electron chi connectivity index (χ0n) is 13.7. The van der Waals surface area contributed by atoms with Crippen molar-refractivity contribution in [1.29, 1.82) is 0 Å². The molecule has 0 radical (unpaired) electrons. The monoisotopic (exact) mass is 309 g/mol. The fourth-order valence-corrected chi connectivity index (χ4v) is 3.25. The summed E-state index contributed by atoms with van der Waals surface area (Å²) in [5, 5.41) is 0.847. The quantitative estimate of drug-likeness (QED) is 0.782. The maximum absolute atomic E-state index is 6.51. The Balaban J connectivity index is 2.40. The first-order chi connectivity index (χ1) is 9.93. The second kappa shape index (κ2) is 7.02. The van der Waals surface area contributed by atoms with Crippen LogP contribution in [0.25, 0.3) is 0 Å². The highest BCUT2D eigenvalue weighted by Crippen LogP contribution is 2.39. The third-order valence-corrected chi connectivity index (χ3v) is 4.60. The number of hydrogen-bond acceptors (Lipinski definition) is 2. The molecule has 0 spiro atoms. The van der Waals surface area contributed by atoms with Gasteiger partial charge in [0.05, 0.1) is 6.61 Å². The number of ether oxygens (including phenoxy) is 1. The molecule has 1 fully saturated rings. The standard InChI is InChI=1S/C18H28ClNO/c1-5-14(20)9-15-17(11(2)3)16(19)8-12(4)18(15)21-10-13-6-7-13/h8,11,13-14H,5-7,9-10,20H2,1-4H3. The summed E-state index contributed by atoms with van der Waals surface area (Å²) in [6, 6.07) is 2.20. The van der Waals surface area contributed by atoms with Crippen molar-refractivity contribution >= 4 is 11.6 Å². The molecule has 0 bridgehead atoms. The number of hydrogen-bond donors (Lipinski definition) is 1. The summed E-state index contributed by atoms with van der Waals surface area (Å²) in [6.07, 6.45) is 4.40. The molecule has 2 rings (SSSR count). The Kier molecular flexibility index (Phi) is 5.56. The molecule has 1 aliphatic rings. The molecular formula is C18H28ClNO. The van der Waals surface area contributed by atoms with Gasteiger partial charge in [-0.25, -0.2) is 0 Å². The summed E-state index contributed by atoms with van der Waals surface area (Å²) in [4.78, 5) is 0. The smallest absolute Gasteiger partial charge is 0.125 e. The number of nitrogens with two attached hydrogens (primary N) is 1. The van der Waals surface area contributed by atoms with Gasteiger partial charge in [-0.2, -0.15) is 0 Å². The van der Waals surface area contributed by atoms with Crippen LogP contribution >= 0.6 is 11.6 Å². The maximum Gasteiger partial charge on any atom is 0.125 e. The molecule has 1 unspecified atom stereocenters. The largest absolute Gasteiger partial charge is 0.493 e. The molecule has 1 atom stereocenters. The lowest BCUT2D eigenvalue weighted by Gasteiger charge is -2.23. The van der Waals surface area contributed by atoms with Gasteiger partial charge in [0.1, 0.15) is 5.75 Å². The molecule has 1 aromatic rings. The zero-order chi connectivity index (χ0) is 15.6. The van der Waals surface area contributed by atoms with Crippen LogP contribution < -0.4 is 10.5 Å². The van der Waals surface area contributed by atoms with Crippen LogP contribution in [0.3, 0.4) is 0 Å². The Hall–Kier alpha value is -0.730. The van der Waals surface area contributed by atoms with E-state index in [0.717, 1.165) is 41.7 Å². The molecule has 1 aromatic carbocycles. The van der Waals surface area contributed by atoms with Crippen LogP contribution in [-0.2, 0) is 6.42 Å². The van der Waals surface area contributed by atoms with Gasteiger partial charge in [0.15, 0.2) is 0 Å². The van der Waals surface area contributed by atoms with E-state index in [1.807, 2.05) is 6.07 Å². The molecule has 2 N–H and O–H groups in total. The number of aryl methyl sites for hydroxylation is 1. The molecule has 21 heavy (non-hydrogen) atoms. The first kappa shape index (κ1) is 16.6. The van der Waals surface area contributed by atoms with Gasteiger partial charge in [-0.15, -0.1) is 0 Å². The van der Waals surface area contributed by atoms with Crippen molar-refractivity contribution in [3.8, 4) is 5.75 Å². The lowest BCUT2D eigenvalue weighted by Crippen LogP contribution is -2.23. The third kappa shape index (κ3) is 4.14. The second-order valence-electron chi connectivity index (χ2n) is 6.68. The fraction of sp³-hybridized carbons (Fsp3) is 0.667. The summed E-state index contributed by atoms with van der Waals surface area (Å²) >= 11 is 6.51. The molecule has 118 valence electrons. The van der Waals surface area contributed by atoms with Crippen molar-refractivity contribution in [2.24, 2.45) is 11.7 Å². The molecule has 3 heteroatoms. The minimum atomic E-state index is 0.156. The van der Waals surface area contributed by atoms with E-state index in [1.165, 1.54) is 24.0 Å². The molecule has 0 aliphatic heterocycles. The van der Waals surface area contributed by atoms with Crippen molar-refractivity contribution in [1.82, 2.24) is 0 Å². The van der Waals surface area contributed by atoms with E-state index < -0.39 is 0 Å². The van der Waals surface area contributed by atoms with Gasteiger partial charge in [-0.1, -0.05) is 32.4 Å². The molecule has 1 saturated carbocycles. The summed E-state index contributed by atoms with van der Waals surface area (Å²) in [6.45, 7) is 9.40. The van der Waals surface area contributed by atoms with Crippen LogP contribution in [0.4, 0.5) is 0 Å². The minimum absolute atomic E-state index is 0.156. The third-order valence-electron chi connectivity index (χ3n) is 4.29. The normalized spacial score (nSPS) is 16.3. The predicted molar refractivity (Wildman–Crippen MR) is 90.5 cm³/mol. The second-order valence-corrected chi connectivity index (χ2v) is 7.09. The van der Waals surface area contributed by atoms with Crippen LogP contribution in [-0.4, -0.2) is 12.6 Å². The zero-order valence-corrected chi connectivity index (χ0v) is 14.5. The summed E-state index contributed by atoms with van der Waals surface area (Å²) < 4.78 is 6.17. The van der Waals surface area contributed by atoms with Gasteiger partial charge in [0.25, 0.3) is 0 Å². The Labute approximate surface area is 134 Å². The van der Waals surface area contributed by atoms with E-state index >= 15 is 0 Å². The Morgan fingerprint density at radius 2 is 2.05 bits per heavy atom. The lowest BCUT2D eigenvalue weighted by molar-refractivity contribution is 0.293. The van der Waals surface area contributed by atoms with E-state index in [4.69, 9.17) is 22.1 Å². The molecule has 0 aromatic heterocycles. The number of rotatable bonds is 7. The number of halogens is 1. The number of benzene rings is 1. The Morgan fingerprint density at radius 3 is 2.57 bits per heavy atom. The first-order valence-electron chi connectivity index (χ1n) is 8.14. The van der Waals surface area contributed by atoms with E-state index in [1.54, 1.807) is 0 Å². The SMILES string of the molecule is CCC(N)Cc1c(OCC2CC2)c(C)cc(Cl)c1C(C)C. The van der Waals surface area contributed by atoms with E-state index in [-0.39, 0.29) is 6.04 Å². The van der Waals surface area contributed by atoms with Gasteiger partial charge in [-0.05, 0) is 61.6 Å². The van der Waals surface area contributed by atoms with Crippen molar-refractivity contribution < 1.29 is 4.74 Å². The molecule has 0 heterocycles. The van der Waals surface area contributed by atoms with Gasteiger partial charge < -0.3 is 10.5 Å². The van der Waals surface area contributed by atoms with E-state index in [2.05, 4.69) is 27.7 Å². The Bertz CT molecular complexity index is 494. The highest BCUT2D eigenvalue weighted by atomic mass is 35.5. The summed E-state index contributed by atoms with van der Waals surface area (Å²) in [5.41, 5.74) is 9.77. The van der Waals surface area contributed by atoms with Gasteiger partial charge >= 0.3 is 0 Å². The van der Waals surface area contributed by atoms with E-state index in [0.29, 0.717) is 5.92 Å². The van der Waals surface area contributed by atoms with Gasteiger partial charge in [-0.3, -0.25) is 0 Å². The van der Waals surface area contributed by atoms with Crippen LogP contribution in [0.15, 0.2) is 6.07 Å². The van der Waals surface area contributed by atoms with Crippen molar-refractivity contribution in [2.45, 2.75) is 65.3 Å². The minimum Gasteiger partial charge on any atom is -0.493 e. The molecule has 2 nitrogen and oxygen atoms in total. The van der Waals surface area contributed by atoms with Crippen LogP contribution in [0.5, 0.6) is 5.75 Å². The lowest BCUT2D eigenvalue weighted by atomic mass is 9.90. The summed E-state index contributed by atoms with van der Waals surface area (Å²) in [5.74, 6) is 2.15. The van der Waals surface area contributed by atoms with Crippen molar-refractivity contribution in [3.05, 3.63) is 27.8 Å². The van der Waals surface area contributed by atoms with Crippen LogP contribution in [0, 0.1) is 12.8 Å². The average molecular weight is 310 g/mol. The van der Waals surface area contributed by atoms with Gasteiger partial charge in [0.2, 0.25) is 0 Å². The van der Waals surface area contributed by atoms with Crippen molar-refractivity contribution in [2.75, 3.05) is 6.61 Å². The highest BCUT2D eigenvalue weighted by molar-refractivity contribution is 6.31. The molecular weight excluding hydrogens is 282 g/mol. The summed E-state index contributed by atoms with van der Waals surface area (Å²) in [7, 11) is 0. The van der Waals surface area contributed by atoms with Gasteiger partial charge in [0, 0.05) is 16.6 Å². The van der Waals surface area contributed by atoms with E-state index in [9.17, 15) is 0 Å².